The van der Waals surface area contributed by atoms with Crippen molar-refractivity contribution in [3.63, 3.8) is 0 Å². The molecule has 1 heterocycles. The SMILES string of the molecule is [Br][Mg][Br].[CH2]C(C)CCCC1OCCCO1. The Balaban J connectivity index is 0.000000583. The summed E-state index contributed by atoms with van der Waals surface area (Å²) in [5.74, 6) is 0.550. The maximum atomic E-state index is 5.42. The lowest BCUT2D eigenvalue weighted by atomic mass is 10.1. The molecular weight excluding hydrogens is 336 g/mol. The lowest BCUT2D eigenvalue weighted by molar-refractivity contribution is -0.181. The first-order valence-electron chi connectivity index (χ1n) is 5.39. The molecule has 1 unspecified atom stereocenters. The van der Waals surface area contributed by atoms with Crippen molar-refractivity contribution in [2.45, 2.75) is 38.9 Å². The van der Waals surface area contributed by atoms with Gasteiger partial charge in [-0.3, -0.25) is 25.8 Å². The Kier molecular flexibility index (Phi) is 13.4. The summed E-state index contributed by atoms with van der Waals surface area (Å²) in [5, 5.41) is 0. The van der Waals surface area contributed by atoms with E-state index in [1.54, 1.807) is 0 Å². The van der Waals surface area contributed by atoms with Crippen molar-refractivity contribution in [1.82, 2.24) is 0 Å². The summed E-state index contributed by atoms with van der Waals surface area (Å²) in [6.45, 7) is 7.81. The summed E-state index contributed by atoms with van der Waals surface area (Å²) in [5.41, 5.74) is 0. The monoisotopic (exact) mass is 353 g/mol. The zero-order valence-electron chi connectivity index (χ0n) is 9.38. The molecule has 1 rings (SSSR count). The van der Waals surface area contributed by atoms with Gasteiger partial charge in [0.15, 0.2) is 6.29 Å². The number of hydrogen-bond donors (Lipinski definition) is 0. The second-order valence-corrected chi connectivity index (χ2v) is 11.7. The van der Waals surface area contributed by atoms with Crippen LogP contribution in [0.5, 0.6) is 0 Å². The van der Waals surface area contributed by atoms with E-state index < -0.39 is 0 Å². The van der Waals surface area contributed by atoms with E-state index in [1.165, 1.54) is 6.42 Å². The fourth-order valence-corrected chi connectivity index (χ4v) is 1.34. The predicted octanol–water partition coefficient (Wildman–Crippen LogP) is 3.70. The summed E-state index contributed by atoms with van der Waals surface area (Å²) in [7, 11) is 0. The average Bonchev–Trinajstić information content (AvgIpc) is 2.20. The van der Waals surface area contributed by atoms with Crippen LogP contribution in [0.25, 0.3) is 0 Å². The van der Waals surface area contributed by atoms with E-state index in [9.17, 15) is 0 Å². The van der Waals surface area contributed by atoms with Crippen LogP contribution in [-0.4, -0.2) is 35.5 Å². The van der Waals surface area contributed by atoms with E-state index in [0.29, 0.717) is 5.92 Å². The molecule has 1 atom stereocenters. The Morgan fingerprint density at radius 3 is 2.40 bits per heavy atom. The van der Waals surface area contributed by atoms with Crippen LogP contribution in [0, 0.1) is 12.8 Å². The predicted molar refractivity (Wildman–Crippen MR) is 72.3 cm³/mol. The molecule has 1 saturated heterocycles. The molecule has 2 nitrogen and oxygen atoms in total. The third-order valence-corrected chi connectivity index (χ3v) is 2.03. The van der Waals surface area contributed by atoms with E-state index in [2.05, 4.69) is 39.6 Å². The highest BCUT2D eigenvalue weighted by molar-refractivity contribution is 9.47. The van der Waals surface area contributed by atoms with E-state index in [-0.39, 0.29) is 22.3 Å². The molecule has 0 bridgehead atoms. The molecule has 0 aliphatic carbocycles. The smallest absolute Gasteiger partial charge is 0.353 e. The van der Waals surface area contributed by atoms with Crippen LogP contribution in [0.3, 0.4) is 0 Å². The van der Waals surface area contributed by atoms with Crippen LogP contribution in [0.4, 0.5) is 0 Å². The maximum absolute atomic E-state index is 5.42. The molecule has 1 fully saturated rings. The summed E-state index contributed by atoms with van der Waals surface area (Å²) in [4.78, 5) is 0. The highest BCUT2D eigenvalue weighted by atomic mass is 79.9. The fourth-order valence-electron chi connectivity index (χ4n) is 1.34. The van der Waals surface area contributed by atoms with Crippen molar-refractivity contribution < 1.29 is 9.47 Å². The van der Waals surface area contributed by atoms with Gasteiger partial charge in [-0.2, -0.15) is 0 Å². The first-order valence-corrected chi connectivity index (χ1v) is 13.2. The van der Waals surface area contributed by atoms with Gasteiger partial charge in [0, 0.05) is 0 Å². The van der Waals surface area contributed by atoms with Crippen molar-refractivity contribution in [3.8, 4) is 0 Å². The Hall–Kier alpha value is 1.65. The van der Waals surface area contributed by atoms with Gasteiger partial charge in [-0.25, -0.2) is 0 Å². The molecular formula is C10H19Br2MgO2. The van der Waals surface area contributed by atoms with Crippen LogP contribution in [0.2, 0.25) is 0 Å². The Morgan fingerprint density at radius 2 is 1.93 bits per heavy atom. The molecule has 0 aromatic heterocycles. The molecule has 0 aromatic carbocycles. The minimum Gasteiger partial charge on any atom is -0.353 e. The van der Waals surface area contributed by atoms with Gasteiger partial charge in [0.2, 0.25) is 0 Å². The molecule has 0 aromatic rings. The van der Waals surface area contributed by atoms with Crippen molar-refractivity contribution >= 4 is 41.8 Å². The van der Waals surface area contributed by atoms with Gasteiger partial charge in [0.25, 0.3) is 0 Å². The van der Waals surface area contributed by atoms with Crippen LogP contribution < -0.4 is 0 Å². The maximum Gasteiger partial charge on any atom is 0.560 e. The normalized spacial score (nSPS) is 16.9. The molecule has 0 spiro atoms. The Bertz CT molecular complexity index is 131. The van der Waals surface area contributed by atoms with Gasteiger partial charge in [0.1, 0.15) is 0 Å². The molecule has 0 amide bonds. The Labute approximate surface area is 115 Å². The minimum atomic E-state index is 0.0417. The van der Waals surface area contributed by atoms with Crippen molar-refractivity contribution in [2.24, 2.45) is 5.92 Å². The van der Waals surface area contributed by atoms with Gasteiger partial charge in [0.05, 0.1) is 13.2 Å². The van der Waals surface area contributed by atoms with Crippen LogP contribution in [0.1, 0.15) is 32.6 Å². The van der Waals surface area contributed by atoms with Crippen LogP contribution in [-0.2, 0) is 9.47 Å². The standard InChI is InChI=1S/C10H19O2.2BrH.Mg/c1-9(2)5-3-6-10-11-7-4-8-12-10;;;/h9-10H,1,3-8H2,2H3;2*1H;/q;;;+2/p-2. The van der Waals surface area contributed by atoms with Gasteiger partial charge in [-0.15, -0.1) is 0 Å². The minimum absolute atomic E-state index is 0.0417. The zero-order valence-corrected chi connectivity index (χ0v) is 14.0. The van der Waals surface area contributed by atoms with Crippen molar-refractivity contribution in [1.29, 1.82) is 0 Å². The third-order valence-electron chi connectivity index (χ3n) is 2.03. The molecule has 1 aliphatic heterocycles. The highest BCUT2D eigenvalue weighted by Crippen LogP contribution is 2.14. The third kappa shape index (κ3) is 11.9. The zero-order chi connectivity index (χ0) is 11.5. The molecule has 15 heavy (non-hydrogen) atoms. The lowest BCUT2D eigenvalue weighted by Crippen LogP contribution is -2.24. The number of ether oxygens (including phenoxy) is 2. The van der Waals surface area contributed by atoms with Gasteiger partial charge in [-0.05, 0) is 25.2 Å². The van der Waals surface area contributed by atoms with Crippen molar-refractivity contribution in [3.05, 3.63) is 6.92 Å². The average molecular weight is 355 g/mol. The number of halogens is 2. The van der Waals surface area contributed by atoms with Gasteiger partial charge in [-0.1, -0.05) is 20.3 Å². The molecule has 87 valence electrons. The number of hydrogen-bond acceptors (Lipinski definition) is 2. The first-order chi connectivity index (χ1) is 7.20. The van der Waals surface area contributed by atoms with Crippen LogP contribution >= 0.6 is 25.8 Å². The summed E-state index contributed by atoms with van der Waals surface area (Å²) in [6, 6.07) is 0. The topological polar surface area (TPSA) is 18.5 Å². The summed E-state index contributed by atoms with van der Waals surface area (Å²) >= 11 is 6.44. The molecule has 5 heteroatoms. The molecule has 1 aliphatic rings. The quantitative estimate of drug-likeness (QED) is 0.716. The molecule has 1 radical (unpaired) electrons. The van der Waals surface area contributed by atoms with E-state index >= 15 is 0 Å². The second kappa shape index (κ2) is 12.1. The first kappa shape index (κ1) is 16.6. The largest absolute Gasteiger partial charge is 0.560 e. The van der Waals surface area contributed by atoms with Gasteiger partial charge >= 0.3 is 16.0 Å². The number of rotatable bonds is 4. The van der Waals surface area contributed by atoms with Crippen molar-refractivity contribution in [2.75, 3.05) is 13.2 Å². The highest BCUT2D eigenvalue weighted by Gasteiger charge is 2.13. The van der Waals surface area contributed by atoms with E-state index in [4.69, 9.17) is 9.47 Å². The lowest BCUT2D eigenvalue weighted by Gasteiger charge is -2.23. The fraction of sp³-hybridized carbons (Fsp3) is 0.900. The Morgan fingerprint density at radius 1 is 1.40 bits per heavy atom. The second-order valence-electron chi connectivity index (χ2n) is 3.66. The van der Waals surface area contributed by atoms with Crippen LogP contribution in [0.15, 0.2) is 0 Å². The summed E-state index contributed by atoms with van der Waals surface area (Å²) < 4.78 is 10.8. The molecule has 0 N–H and O–H groups in total. The van der Waals surface area contributed by atoms with E-state index in [1.807, 2.05) is 0 Å². The van der Waals surface area contributed by atoms with Gasteiger partial charge < -0.3 is 9.47 Å². The summed E-state index contributed by atoms with van der Waals surface area (Å²) in [6.07, 6.45) is 4.47. The van der Waals surface area contributed by atoms with E-state index in [0.717, 1.165) is 32.5 Å². The molecule has 0 saturated carbocycles.